The molecule has 0 aromatic carbocycles. The van der Waals surface area contributed by atoms with Gasteiger partial charge in [-0.15, -0.1) is 11.3 Å². The molecular formula is C14H23N3OS. The fourth-order valence-electron chi connectivity index (χ4n) is 3.19. The lowest BCUT2D eigenvalue weighted by molar-refractivity contribution is -0.102. The largest absolute Gasteiger partial charge is 0.378 e. The maximum absolute atomic E-state index is 5.75. The summed E-state index contributed by atoms with van der Waals surface area (Å²) in [5.74, 6) is 0.730. The van der Waals surface area contributed by atoms with Gasteiger partial charge in [-0.2, -0.15) is 0 Å². The van der Waals surface area contributed by atoms with E-state index >= 15 is 0 Å². The minimum absolute atomic E-state index is 0.565. The van der Waals surface area contributed by atoms with Crippen molar-refractivity contribution >= 4 is 11.3 Å². The molecule has 2 bridgehead atoms. The van der Waals surface area contributed by atoms with Gasteiger partial charge in [0.2, 0.25) is 0 Å². The predicted molar refractivity (Wildman–Crippen MR) is 77.3 cm³/mol. The van der Waals surface area contributed by atoms with Crippen LogP contribution < -0.4 is 0 Å². The number of nitrogens with zero attached hydrogens (tertiary/aromatic N) is 3. The van der Waals surface area contributed by atoms with E-state index in [1.54, 1.807) is 11.3 Å². The van der Waals surface area contributed by atoms with Crippen LogP contribution >= 0.6 is 11.3 Å². The number of rotatable bonds is 4. The molecule has 0 radical (unpaired) electrons. The average Bonchev–Trinajstić information content (AvgIpc) is 2.82. The molecule has 106 valence electrons. The molecule has 0 spiro atoms. The Bertz CT molecular complexity index is 381. The molecule has 0 amide bonds. The van der Waals surface area contributed by atoms with Gasteiger partial charge in [-0.05, 0) is 5.92 Å². The molecule has 2 aliphatic rings. The number of thiazole rings is 1. The first-order valence-corrected chi connectivity index (χ1v) is 8.04. The van der Waals surface area contributed by atoms with E-state index in [0.29, 0.717) is 12.1 Å². The fourth-order valence-corrected chi connectivity index (χ4v) is 3.84. The maximum Gasteiger partial charge on any atom is 0.107 e. The number of aromatic nitrogens is 1. The highest BCUT2D eigenvalue weighted by molar-refractivity contribution is 7.09. The van der Waals surface area contributed by atoms with Gasteiger partial charge in [0.25, 0.3) is 0 Å². The summed E-state index contributed by atoms with van der Waals surface area (Å²) in [5.41, 5.74) is 0. The summed E-state index contributed by atoms with van der Waals surface area (Å²) in [6, 6.07) is 1.13. The van der Waals surface area contributed by atoms with Gasteiger partial charge < -0.3 is 4.74 Å². The SMILES string of the molecule is CC(C)CN1C2COCC1CN(Cc1nccs1)C2. The Hall–Kier alpha value is -0.490. The molecule has 2 unspecified atom stereocenters. The second-order valence-corrected chi connectivity index (χ2v) is 7.03. The zero-order chi connectivity index (χ0) is 13.2. The summed E-state index contributed by atoms with van der Waals surface area (Å²) in [4.78, 5) is 9.63. The van der Waals surface area contributed by atoms with Gasteiger partial charge in [-0.25, -0.2) is 4.98 Å². The summed E-state index contributed by atoms with van der Waals surface area (Å²) >= 11 is 1.76. The number of fused-ring (bicyclic) bond motifs is 2. The second kappa shape index (κ2) is 5.87. The molecule has 2 atom stereocenters. The first-order valence-electron chi connectivity index (χ1n) is 7.16. The number of morpholine rings is 1. The van der Waals surface area contributed by atoms with Crippen molar-refractivity contribution in [3.8, 4) is 0 Å². The molecule has 4 nitrogen and oxygen atoms in total. The van der Waals surface area contributed by atoms with Crippen molar-refractivity contribution in [1.82, 2.24) is 14.8 Å². The van der Waals surface area contributed by atoms with Gasteiger partial charge >= 0.3 is 0 Å². The summed E-state index contributed by atoms with van der Waals surface area (Å²) in [6.07, 6.45) is 1.90. The lowest BCUT2D eigenvalue weighted by Crippen LogP contribution is -2.64. The van der Waals surface area contributed by atoms with Gasteiger partial charge in [0.05, 0.1) is 19.8 Å². The van der Waals surface area contributed by atoms with Crippen LogP contribution in [0.1, 0.15) is 18.9 Å². The minimum atomic E-state index is 0.565. The summed E-state index contributed by atoms with van der Waals surface area (Å²) in [6.45, 7) is 10.8. The Labute approximate surface area is 119 Å². The average molecular weight is 281 g/mol. The van der Waals surface area contributed by atoms with E-state index in [9.17, 15) is 0 Å². The first-order chi connectivity index (χ1) is 9.22. The molecule has 0 saturated carbocycles. The molecule has 5 heteroatoms. The normalized spacial score (nSPS) is 29.0. The smallest absolute Gasteiger partial charge is 0.107 e. The van der Waals surface area contributed by atoms with Gasteiger partial charge in [0.1, 0.15) is 5.01 Å². The molecule has 1 aromatic heterocycles. The van der Waals surface area contributed by atoms with Crippen molar-refractivity contribution in [2.24, 2.45) is 5.92 Å². The van der Waals surface area contributed by atoms with Crippen LogP contribution in [0.4, 0.5) is 0 Å². The third kappa shape index (κ3) is 3.16. The second-order valence-electron chi connectivity index (χ2n) is 6.06. The van der Waals surface area contributed by atoms with Crippen molar-refractivity contribution in [2.45, 2.75) is 32.5 Å². The number of hydrogen-bond donors (Lipinski definition) is 0. The lowest BCUT2D eigenvalue weighted by atomic mass is 10.0. The van der Waals surface area contributed by atoms with Crippen molar-refractivity contribution < 1.29 is 4.74 Å². The highest BCUT2D eigenvalue weighted by Crippen LogP contribution is 2.24. The lowest BCUT2D eigenvalue weighted by Gasteiger charge is -2.50. The van der Waals surface area contributed by atoms with E-state index in [4.69, 9.17) is 4.74 Å². The summed E-state index contributed by atoms with van der Waals surface area (Å²) < 4.78 is 5.75. The van der Waals surface area contributed by atoms with Crippen LogP contribution in [0.25, 0.3) is 0 Å². The third-order valence-corrected chi connectivity index (χ3v) is 4.68. The van der Waals surface area contributed by atoms with Gasteiger partial charge in [0.15, 0.2) is 0 Å². The molecule has 2 fully saturated rings. The Morgan fingerprint density at radius 3 is 2.68 bits per heavy atom. The molecule has 0 N–H and O–H groups in total. The standard InChI is InChI=1S/C14H23N3OS/c1-11(2)5-17-12-6-16(7-13(17)10-18-9-12)8-14-15-3-4-19-14/h3-4,11-13H,5-10H2,1-2H3. The minimum Gasteiger partial charge on any atom is -0.378 e. The van der Waals surface area contributed by atoms with Crippen molar-refractivity contribution in [2.75, 3.05) is 32.8 Å². The van der Waals surface area contributed by atoms with Crippen LogP contribution in [0.15, 0.2) is 11.6 Å². The Kier molecular flexibility index (Phi) is 4.17. The monoisotopic (exact) mass is 281 g/mol. The maximum atomic E-state index is 5.75. The van der Waals surface area contributed by atoms with Crippen molar-refractivity contribution in [3.63, 3.8) is 0 Å². The van der Waals surface area contributed by atoms with E-state index in [0.717, 1.165) is 38.8 Å². The highest BCUT2D eigenvalue weighted by Gasteiger charge is 2.38. The quantitative estimate of drug-likeness (QED) is 0.839. The van der Waals surface area contributed by atoms with Crippen LogP contribution in [0.2, 0.25) is 0 Å². The van der Waals surface area contributed by atoms with E-state index in [1.807, 2.05) is 6.20 Å². The van der Waals surface area contributed by atoms with Gasteiger partial charge in [-0.1, -0.05) is 13.8 Å². The van der Waals surface area contributed by atoms with Crippen LogP contribution in [0, 0.1) is 5.92 Å². The Morgan fingerprint density at radius 1 is 1.37 bits per heavy atom. The number of hydrogen-bond acceptors (Lipinski definition) is 5. The molecule has 3 rings (SSSR count). The molecule has 3 heterocycles. The van der Waals surface area contributed by atoms with Crippen molar-refractivity contribution in [3.05, 3.63) is 16.6 Å². The molecule has 0 aliphatic carbocycles. The Morgan fingerprint density at radius 2 is 2.11 bits per heavy atom. The molecular weight excluding hydrogens is 258 g/mol. The highest BCUT2D eigenvalue weighted by atomic mass is 32.1. The number of ether oxygens (including phenoxy) is 1. The van der Waals surface area contributed by atoms with E-state index in [-0.39, 0.29) is 0 Å². The molecule has 2 aliphatic heterocycles. The summed E-state index contributed by atoms with van der Waals surface area (Å²) in [5, 5.41) is 3.30. The van der Waals surface area contributed by atoms with E-state index in [2.05, 4.69) is 34.0 Å². The first kappa shape index (κ1) is 13.5. The molecule has 2 saturated heterocycles. The van der Waals surface area contributed by atoms with E-state index < -0.39 is 0 Å². The zero-order valence-corrected chi connectivity index (χ0v) is 12.6. The van der Waals surface area contributed by atoms with Crippen LogP contribution in [-0.4, -0.2) is 59.7 Å². The predicted octanol–water partition coefficient (Wildman–Crippen LogP) is 1.68. The third-order valence-electron chi connectivity index (χ3n) is 3.91. The van der Waals surface area contributed by atoms with Crippen molar-refractivity contribution in [1.29, 1.82) is 0 Å². The summed E-state index contributed by atoms with van der Waals surface area (Å²) in [7, 11) is 0. The van der Waals surface area contributed by atoms with Crippen LogP contribution in [-0.2, 0) is 11.3 Å². The topological polar surface area (TPSA) is 28.6 Å². The fraction of sp³-hybridized carbons (Fsp3) is 0.786. The molecule has 1 aromatic rings. The van der Waals surface area contributed by atoms with Gasteiger partial charge in [-0.3, -0.25) is 9.80 Å². The zero-order valence-electron chi connectivity index (χ0n) is 11.8. The number of piperazine rings is 1. The van der Waals surface area contributed by atoms with Crippen LogP contribution in [0.5, 0.6) is 0 Å². The molecule has 19 heavy (non-hydrogen) atoms. The Balaban J connectivity index is 1.64. The van der Waals surface area contributed by atoms with Crippen LogP contribution in [0.3, 0.4) is 0 Å². The van der Waals surface area contributed by atoms with Gasteiger partial charge in [0, 0.05) is 43.3 Å². The van der Waals surface area contributed by atoms with E-state index in [1.165, 1.54) is 11.6 Å².